The standard InChI is InChI=1S/C15H23N3/c1-2-6-15(18-11-7-16-8-12-18)14(5-1)13-17-9-3-4-10-17/h1-2,5-6,16H,3-4,7-13H2. The van der Waals surface area contributed by atoms with Gasteiger partial charge in [-0.05, 0) is 37.6 Å². The van der Waals surface area contributed by atoms with Crippen molar-refractivity contribution in [1.29, 1.82) is 0 Å². The monoisotopic (exact) mass is 245 g/mol. The molecule has 3 heteroatoms. The molecule has 0 aliphatic carbocycles. The number of anilines is 1. The SMILES string of the molecule is c1ccc(N2CCNCC2)c(CN2CCCC2)c1. The molecule has 3 rings (SSSR count). The highest BCUT2D eigenvalue weighted by molar-refractivity contribution is 5.54. The van der Waals surface area contributed by atoms with E-state index in [0.29, 0.717) is 0 Å². The second kappa shape index (κ2) is 5.72. The van der Waals surface area contributed by atoms with Gasteiger partial charge in [0.1, 0.15) is 0 Å². The molecule has 0 unspecified atom stereocenters. The third-order valence-electron chi connectivity index (χ3n) is 4.04. The first-order valence-corrected chi connectivity index (χ1v) is 7.19. The highest BCUT2D eigenvalue weighted by Gasteiger charge is 2.17. The van der Waals surface area contributed by atoms with Gasteiger partial charge < -0.3 is 10.2 Å². The predicted molar refractivity (Wildman–Crippen MR) is 76.0 cm³/mol. The van der Waals surface area contributed by atoms with Crippen molar-refractivity contribution in [2.75, 3.05) is 44.2 Å². The summed E-state index contributed by atoms with van der Waals surface area (Å²) in [6.45, 7) is 8.16. The van der Waals surface area contributed by atoms with Crippen molar-refractivity contribution < 1.29 is 0 Å². The summed E-state index contributed by atoms with van der Waals surface area (Å²) in [4.78, 5) is 5.11. The fourth-order valence-corrected chi connectivity index (χ4v) is 3.04. The maximum absolute atomic E-state index is 3.42. The Morgan fingerprint density at radius 3 is 2.44 bits per heavy atom. The zero-order valence-electron chi connectivity index (χ0n) is 11.1. The van der Waals surface area contributed by atoms with E-state index in [4.69, 9.17) is 0 Å². The Morgan fingerprint density at radius 1 is 0.944 bits per heavy atom. The molecule has 0 saturated carbocycles. The molecule has 1 aromatic rings. The number of nitrogens with one attached hydrogen (secondary N) is 1. The number of piperazine rings is 1. The Balaban J connectivity index is 1.75. The van der Waals surface area contributed by atoms with Crippen LogP contribution in [0.5, 0.6) is 0 Å². The molecular weight excluding hydrogens is 222 g/mol. The first kappa shape index (κ1) is 12.0. The van der Waals surface area contributed by atoms with E-state index in [1.165, 1.54) is 37.2 Å². The summed E-state index contributed by atoms with van der Waals surface area (Å²) in [5.74, 6) is 0. The number of benzene rings is 1. The summed E-state index contributed by atoms with van der Waals surface area (Å²) < 4.78 is 0. The molecule has 2 heterocycles. The highest BCUT2D eigenvalue weighted by atomic mass is 15.2. The molecule has 0 amide bonds. The summed E-state index contributed by atoms with van der Waals surface area (Å²) in [7, 11) is 0. The van der Waals surface area contributed by atoms with Gasteiger partial charge in [-0.25, -0.2) is 0 Å². The Morgan fingerprint density at radius 2 is 1.67 bits per heavy atom. The Bertz CT molecular complexity index is 379. The highest BCUT2D eigenvalue weighted by Crippen LogP contribution is 2.23. The van der Waals surface area contributed by atoms with Crippen LogP contribution in [0.1, 0.15) is 18.4 Å². The van der Waals surface area contributed by atoms with Gasteiger partial charge in [-0.2, -0.15) is 0 Å². The van der Waals surface area contributed by atoms with Gasteiger partial charge in [-0.15, -0.1) is 0 Å². The van der Waals surface area contributed by atoms with E-state index in [-0.39, 0.29) is 0 Å². The molecule has 1 N–H and O–H groups in total. The van der Waals surface area contributed by atoms with Crippen LogP contribution < -0.4 is 10.2 Å². The zero-order valence-corrected chi connectivity index (χ0v) is 11.1. The van der Waals surface area contributed by atoms with Crippen LogP contribution in [0.25, 0.3) is 0 Å². The summed E-state index contributed by atoms with van der Waals surface area (Å²) >= 11 is 0. The van der Waals surface area contributed by atoms with E-state index in [0.717, 1.165) is 32.7 Å². The van der Waals surface area contributed by atoms with Crippen LogP contribution >= 0.6 is 0 Å². The fraction of sp³-hybridized carbons (Fsp3) is 0.600. The van der Waals surface area contributed by atoms with E-state index in [1.807, 2.05) is 0 Å². The lowest BCUT2D eigenvalue weighted by atomic mass is 10.1. The summed E-state index contributed by atoms with van der Waals surface area (Å²) in [6, 6.07) is 8.94. The second-order valence-electron chi connectivity index (χ2n) is 5.35. The molecule has 0 bridgehead atoms. The van der Waals surface area contributed by atoms with Crippen molar-refractivity contribution in [1.82, 2.24) is 10.2 Å². The zero-order chi connectivity index (χ0) is 12.2. The van der Waals surface area contributed by atoms with Crippen LogP contribution in [-0.2, 0) is 6.54 Å². The van der Waals surface area contributed by atoms with Gasteiger partial charge >= 0.3 is 0 Å². The maximum Gasteiger partial charge on any atom is 0.0412 e. The summed E-state index contributed by atoms with van der Waals surface area (Å²) in [5, 5.41) is 3.42. The lowest BCUT2D eigenvalue weighted by Gasteiger charge is -2.32. The third-order valence-corrected chi connectivity index (χ3v) is 4.04. The van der Waals surface area contributed by atoms with Gasteiger partial charge in [0.25, 0.3) is 0 Å². The summed E-state index contributed by atoms with van der Waals surface area (Å²) in [5.41, 5.74) is 2.95. The molecule has 2 fully saturated rings. The van der Waals surface area contributed by atoms with Gasteiger partial charge in [0, 0.05) is 38.4 Å². The number of likely N-dealkylation sites (tertiary alicyclic amines) is 1. The number of para-hydroxylation sites is 1. The topological polar surface area (TPSA) is 18.5 Å². The molecule has 0 aromatic heterocycles. The maximum atomic E-state index is 3.42. The van der Waals surface area contributed by atoms with Crippen LogP contribution in [-0.4, -0.2) is 44.2 Å². The normalized spacial score (nSPS) is 21.4. The third kappa shape index (κ3) is 2.68. The Hall–Kier alpha value is -1.06. The molecule has 2 saturated heterocycles. The van der Waals surface area contributed by atoms with Crippen molar-refractivity contribution in [3.63, 3.8) is 0 Å². The Labute approximate surface area is 110 Å². The van der Waals surface area contributed by atoms with Gasteiger partial charge in [0.2, 0.25) is 0 Å². The molecule has 2 aliphatic heterocycles. The predicted octanol–water partition coefficient (Wildman–Crippen LogP) is 1.69. The molecular formula is C15H23N3. The Kier molecular flexibility index (Phi) is 3.81. The number of nitrogens with zero attached hydrogens (tertiary/aromatic N) is 2. The van der Waals surface area contributed by atoms with Gasteiger partial charge in [0.05, 0.1) is 0 Å². The van der Waals surface area contributed by atoms with Crippen LogP contribution in [0, 0.1) is 0 Å². The van der Waals surface area contributed by atoms with Crippen molar-refractivity contribution in [2.45, 2.75) is 19.4 Å². The number of hydrogen-bond acceptors (Lipinski definition) is 3. The minimum absolute atomic E-state index is 1.11. The van der Waals surface area contributed by atoms with Gasteiger partial charge in [-0.1, -0.05) is 18.2 Å². The number of hydrogen-bond donors (Lipinski definition) is 1. The fourth-order valence-electron chi connectivity index (χ4n) is 3.04. The molecule has 98 valence electrons. The lowest BCUT2D eigenvalue weighted by Crippen LogP contribution is -2.44. The summed E-state index contributed by atoms with van der Waals surface area (Å²) in [6.07, 6.45) is 2.74. The quantitative estimate of drug-likeness (QED) is 0.874. The van der Waals surface area contributed by atoms with E-state index in [2.05, 4.69) is 39.4 Å². The average molecular weight is 245 g/mol. The lowest BCUT2D eigenvalue weighted by molar-refractivity contribution is 0.331. The minimum Gasteiger partial charge on any atom is -0.369 e. The smallest absolute Gasteiger partial charge is 0.0412 e. The van der Waals surface area contributed by atoms with Crippen molar-refractivity contribution in [3.8, 4) is 0 Å². The van der Waals surface area contributed by atoms with Crippen molar-refractivity contribution >= 4 is 5.69 Å². The largest absolute Gasteiger partial charge is 0.369 e. The molecule has 0 spiro atoms. The first-order chi connectivity index (χ1) is 8.93. The van der Waals surface area contributed by atoms with Gasteiger partial charge in [0.15, 0.2) is 0 Å². The van der Waals surface area contributed by atoms with Gasteiger partial charge in [-0.3, -0.25) is 4.90 Å². The van der Waals surface area contributed by atoms with Crippen molar-refractivity contribution in [3.05, 3.63) is 29.8 Å². The first-order valence-electron chi connectivity index (χ1n) is 7.19. The number of rotatable bonds is 3. The van der Waals surface area contributed by atoms with Crippen molar-refractivity contribution in [2.24, 2.45) is 0 Å². The molecule has 0 radical (unpaired) electrons. The molecule has 3 nitrogen and oxygen atoms in total. The van der Waals surface area contributed by atoms with Crippen LogP contribution in [0.4, 0.5) is 5.69 Å². The van der Waals surface area contributed by atoms with E-state index in [1.54, 1.807) is 0 Å². The van der Waals surface area contributed by atoms with E-state index in [9.17, 15) is 0 Å². The average Bonchev–Trinajstić information content (AvgIpc) is 2.93. The molecule has 1 aromatic carbocycles. The van der Waals surface area contributed by atoms with Crippen LogP contribution in [0.15, 0.2) is 24.3 Å². The van der Waals surface area contributed by atoms with E-state index >= 15 is 0 Å². The second-order valence-corrected chi connectivity index (χ2v) is 5.35. The molecule has 18 heavy (non-hydrogen) atoms. The molecule has 0 atom stereocenters. The van der Waals surface area contributed by atoms with E-state index < -0.39 is 0 Å². The molecule has 2 aliphatic rings. The van der Waals surface area contributed by atoms with Crippen LogP contribution in [0.2, 0.25) is 0 Å². The minimum atomic E-state index is 1.11. The van der Waals surface area contributed by atoms with Crippen LogP contribution in [0.3, 0.4) is 0 Å².